The number of rotatable bonds is 2. The second-order valence-corrected chi connectivity index (χ2v) is 4.81. The molecule has 0 spiro atoms. The maximum absolute atomic E-state index is 11.2. The SMILES string of the molecule is CC(=O)NC1(c2ccccc2)NCCS1. The fraction of sp³-hybridized carbons (Fsp3) is 0.364. The maximum Gasteiger partial charge on any atom is 0.219 e. The summed E-state index contributed by atoms with van der Waals surface area (Å²) in [6.45, 7) is 2.46. The molecule has 1 aliphatic rings. The van der Waals surface area contributed by atoms with Gasteiger partial charge in [0, 0.05) is 24.8 Å². The molecule has 4 heteroatoms. The minimum Gasteiger partial charge on any atom is -0.326 e. The highest BCUT2D eigenvalue weighted by molar-refractivity contribution is 8.00. The summed E-state index contributed by atoms with van der Waals surface area (Å²) in [5.74, 6) is 0.996. The van der Waals surface area contributed by atoms with Crippen molar-refractivity contribution in [1.82, 2.24) is 10.6 Å². The van der Waals surface area contributed by atoms with E-state index in [1.54, 1.807) is 18.7 Å². The lowest BCUT2D eigenvalue weighted by molar-refractivity contribution is -0.120. The summed E-state index contributed by atoms with van der Waals surface area (Å²) < 4.78 is 0. The van der Waals surface area contributed by atoms with Gasteiger partial charge in [-0.25, -0.2) is 0 Å². The van der Waals surface area contributed by atoms with Crippen LogP contribution in [0.1, 0.15) is 12.5 Å². The zero-order chi connectivity index (χ0) is 10.7. The molecule has 0 saturated carbocycles. The Labute approximate surface area is 93.6 Å². The van der Waals surface area contributed by atoms with Crippen molar-refractivity contribution in [1.29, 1.82) is 0 Å². The van der Waals surface area contributed by atoms with Gasteiger partial charge >= 0.3 is 0 Å². The average Bonchev–Trinajstić information content (AvgIpc) is 2.68. The monoisotopic (exact) mass is 222 g/mol. The van der Waals surface area contributed by atoms with Gasteiger partial charge in [0.1, 0.15) is 0 Å². The van der Waals surface area contributed by atoms with Gasteiger partial charge < -0.3 is 5.32 Å². The molecule has 15 heavy (non-hydrogen) atoms. The van der Waals surface area contributed by atoms with Gasteiger partial charge in [-0.3, -0.25) is 10.1 Å². The number of hydrogen-bond acceptors (Lipinski definition) is 3. The highest BCUT2D eigenvalue weighted by Gasteiger charge is 2.36. The van der Waals surface area contributed by atoms with Crippen LogP contribution in [0.2, 0.25) is 0 Å². The third-order valence-electron chi connectivity index (χ3n) is 2.33. The summed E-state index contributed by atoms with van der Waals surface area (Å²) in [4.78, 5) is 10.8. The van der Waals surface area contributed by atoms with Crippen molar-refractivity contribution >= 4 is 17.7 Å². The second kappa shape index (κ2) is 4.24. The fourth-order valence-electron chi connectivity index (χ4n) is 1.74. The number of carbonyl (C=O) groups excluding carboxylic acids is 1. The van der Waals surface area contributed by atoms with Crippen LogP contribution in [0.3, 0.4) is 0 Å². The predicted octanol–water partition coefficient (Wildman–Crippen LogP) is 1.27. The van der Waals surface area contributed by atoms with Crippen molar-refractivity contribution in [3.05, 3.63) is 35.9 Å². The second-order valence-electron chi connectivity index (χ2n) is 3.50. The Bertz CT molecular complexity index is 347. The topological polar surface area (TPSA) is 41.1 Å². The molecule has 1 atom stereocenters. The van der Waals surface area contributed by atoms with Crippen LogP contribution in [0.25, 0.3) is 0 Å². The Morgan fingerprint density at radius 3 is 2.73 bits per heavy atom. The van der Waals surface area contributed by atoms with Crippen LogP contribution in [0.15, 0.2) is 30.3 Å². The van der Waals surface area contributed by atoms with E-state index in [4.69, 9.17) is 0 Å². The first-order chi connectivity index (χ1) is 7.23. The number of amides is 1. The van der Waals surface area contributed by atoms with Crippen LogP contribution in [-0.2, 0) is 9.79 Å². The first-order valence-corrected chi connectivity index (χ1v) is 5.95. The van der Waals surface area contributed by atoms with Crippen LogP contribution >= 0.6 is 11.8 Å². The minimum atomic E-state index is -0.424. The summed E-state index contributed by atoms with van der Waals surface area (Å²) in [6.07, 6.45) is 0. The molecule has 1 amide bonds. The highest BCUT2D eigenvalue weighted by Crippen LogP contribution is 2.34. The zero-order valence-electron chi connectivity index (χ0n) is 8.62. The number of carbonyl (C=O) groups is 1. The Kier molecular flexibility index (Phi) is 2.98. The first kappa shape index (κ1) is 10.5. The Morgan fingerprint density at radius 2 is 2.20 bits per heavy atom. The number of benzene rings is 1. The van der Waals surface area contributed by atoms with Crippen molar-refractivity contribution in [3.8, 4) is 0 Å². The number of thioether (sulfide) groups is 1. The molecular weight excluding hydrogens is 208 g/mol. The van der Waals surface area contributed by atoms with Crippen molar-refractivity contribution in [2.45, 2.75) is 11.9 Å². The normalized spacial score (nSPS) is 25.1. The molecular formula is C11H14N2OS. The molecule has 2 N–H and O–H groups in total. The molecule has 1 aromatic rings. The van der Waals surface area contributed by atoms with E-state index in [0.29, 0.717) is 0 Å². The Balaban J connectivity index is 2.30. The zero-order valence-corrected chi connectivity index (χ0v) is 9.43. The van der Waals surface area contributed by atoms with Crippen molar-refractivity contribution in [2.24, 2.45) is 0 Å². The third kappa shape index (κ3) is 2.16. The number of nitrogens with one attached hydrogen (secondary N) is 2. The molecule has 1 saturated heterocycles. The van der Waals surface area contributed by atoms with Gasteiger partial charge in [-0.15, -0.1) is 11.8 Å². The summed E-state index contributed by atoms with van der Waals surface area (Å²) >= 11 is 1.73. The lowest BCUT2D eigenvalue weighted by Crippen LogP contribution is -2.49. The van der Waals surface area contributed by atoms with E-state index in [0.717, 1.165) is 17.9 Å². The predicted molar refractivity (Wildman–Crippen MR) is 62.4 cm³/mol. The van der Waals surface area contributed by atoms with E-state index in [1.165, 1.54) is 0 Å². The van der Waals surface area contributed by atoms with Gasteiger partial charge in [-0.2, -0.15) is 0 Å². The number of hydrogen-bond donors (Lipinski definition) is 2. The van der Waals surface area contributed by atoms with Crippen LogP contribution in [0.5, 0.6) is 0 Å². The molecule has 3 nitrogen and oxygen atoms in total. The van der Waals surface area contributed by atoms with Crippen LogP contribution < -0.4 is 10.6 Å². The average molecular weight is 222 g/mol. The van der Waals surface area contributed by atoms with Gasteiger partial charge in [0.25, 0.3) is 0 Å². The molecule has 2 rings (SSSR count). The molecule has 0 radical (unpaired) electrons. The third-order valence-corrected chi connectivity index (χ3v) is 3.65. The summed E-state index contributed by atoms with van der Waals surface area (Å²) in [6, 6.07) is 10.0. The Hall–Kier alpha value is -1.00. The molecule has 0 aliphatic carbocycles. The Morgan fingerprint density at radius 1 is 1.47 bits per heavy atom. The molecule has 1 heterocycles. The van der Waals surface area contributed by atoms with E-state index in [-0.39, 0.29) is 5.91 Å². The van der Waals surface area contributed by atoms with Crippen molar-refractivity contribution in [2.75, 3.05) is 12.3 Å². The maximum atomic E-state index is 11.2. The molecule has 1 unspecified atom stereocenters. The van der Waals surface area contributed by atoms with Gasteiger partial charge in [0.15, 0.2) is 4.99 Å². The first-order valence-electron chi connectivity index (χ1n) is 4.96. The quantitative estimate of drug-likeness (QED) is 0.791. The molecule has 0 bridgehead atoms. The van der Waals surface area contributed by atoms with Gasteiger partial charge in [-0.05, 0) is 0 Å². The lowest BCUT2D eigenvalue weighted by atomic mass is 10.1. The molecule has 1 aliphatic heterocycles. The van der Waals surface area contributed by atoms with Crippen molar-refractivity contribution < 1.29 is 4.79 Å². The van der Waals surface area contributed by atoms with Crippen LogP contribution in [-0.4, -0.2) is 18.2 Å². The van der Waals surface area contributed by atoms with Crippen LogP contribution in [0.4, 0.5) is 0 Å². The van der Waals surface area contributed by atoms with E-state index in [9.17, 15) is 4.79 Å². The summed E-state index contributed by atoms with van der Waals surface area (Å²) in [5.41, 5.74) is 1.10. The van der Waals surface area contributed by atoms with Crippen molar-refractivity contribution in [3.63, 3.8) is 0 Å². The van der Waals surface area contributed by atoms with Gasteiger partial charge in [0.05, 0.1) is 0 Å². The smallest absolute Gasteiger partial charge is 0.219 e. The largest absolute Gasteiger partial charge is 0.326 e. The highest BCUT2D eigenvalue weighted by atomic mass is 32.2. The van der Waals surface area contributed by atoms with Crippen LogP contribution in [0, 0.1) is 0 Å². The summed E-state index contributed by atoms with van der Waals surface area (Å²) in [7, 11) is 0. The standard InChI is InChI=1S/C11H14N2OS/c1-9(14)13-11(12-7-8-15-11)10-5-3-2-4-6-10/h2-6,12H,7-8H2,1H3,(H,13,14). The van der Waals surface area contributed by atoms with Gasteiger partial charge in [0.2, 0.25) is 5.91 Å². The molecule has 1 fully saturated rings. The summed E-state index contributed by atoms with van der Waals surface area (Å²) in [5, 5.41) is 6.33. The molecule has 0 aromatic heterocycles. The van der Waals surface area contributed by atoms with Gasteiger partial charge in [-0.1, -0.05) is 30.3 Å². The minimum absolute atomic E-state index is 0.0132. The van der Waals surface area contributed by atoms with E-state index < -0.39 is 4.99 Å². The van der Waals surface area contributed by atoms with E-state index in [1.807, 2.05) is 30.3 Å². The fourth-order valence-corrected chi connectivity index (χ4v) is 2.97. The lowest BCUT2D eigenvalue weighted by Gasteiger charge is -2.29. The molecule has 1 aromatic carbocycles. The van der Waals surface area contributed by atoms with E-state index in [2.05, 4.69) is 10.6 Å². The van der Waals surface area contributed by atoms with E-state index >= 15 is 0 Å². The molecule has 80 valence electrons.